The maximum Gasteiger partial charge on any atom is 0.161 e. The lowest BCUT2D eigenvalue weighted by atomic mass is 9.85. The maximum absolute atomic E-state index is 10.5. The Balaban J connectivity index is 2.05. The van der Waals surface area contributed by atoms with Gasteiger partial charge in [0.1, 0.15) is 6.61 Å². The molecule has 4 heteroatoms. The molecule has 1 aromatic carbocycles. The van der Waals surface area contributed by atoms with E-state index in [1.807, 2.05) is 25.2 Å². The Morgan fingerprint density at radius 3 is 2.57 bits per heavy atom. The normalized spacial score (nSPS) is 19.0. The van der Waals surface area contributed by atoms with Crippen molar-refractivity contribution in [3.63, 3.8) is 0 Å². The fraction of sp³-hybridized carbons (Fsp3) is 0.647. The number of rotatable bonds is 6. The Kier molecular flexibility index (Phi) is 5.48. The molecular weight excluding hydrogens is 266 g/mol. The molecule has 0 radical (unpaired) electrons. The highest BCUT2D eigenvalue weighted by atomic mass is 16.5. The fourth-order valence-electron chi connectivity index (χ4n) is 2.81. The van der Waals surface area contributed by atoms with Crippen molar-refractivity contribution in [1.82, 2.24) is 5.32 Å². The Hall–Kier alpha value is -1.26. The lowest BCUT2D eigenvalue weighted by Crippen LogP contribution is -2.37. The first-order valence-corrected chi connectivity index (χ1v) is 7.78. The van der Waals surface area contributed by atoms with Crippen LogP contribution in [-0.4, -0.2) is 31.5 Å². The predicted molar refractivity (Wildman–Crippen MR) is 84.0 cm³/mol. The predicted octanol–water partition coefficient (Wildman–Crippen LogP) is 3.05. The molecule has 1 saturated carbocycles. The first-order valence-electron chi connectivity index (χ1n) is 7.78. The van der Waals surface area contributed by atoms with Crippen LogP contribution in [0.15, 0.2) is 18.2 Å². The molecular formula is C17H27NO3. The minimum Gasteiger partial charge on any atom is -0.493 e. The molecule has 0 spiro atoms. The summed E-state index contributed by atoms with van der Waals surface area (Å²) < 4.78 is 11.3. The topological polar surface area (TPSA) is 50.7 Å². The van der Waals surface area contributed by atoms with Gasteiger partial charge in [0, 0.05) is 6.04 Å². The second-order valence-electron chi connectivity index (χ2n) is 5.99. The van der Waals surface area contributed by atoms with E-state index in [-0.39, 0.29) is 6.04 Å². The van der Waals surface area contributed by atoms with E-state index in [1.54, 1.807) is 7.11 Å². The Labute approximate surface area is 127 Å². The molecule has 0 amide bonds. The summed E-state index contributed by atoms with van der Waals surface area (Å²) >= 11 is 0. The minimum atomic E-state index is -0.680. The molecule has 0 aromatic heterocycles. The summed E-state index contributed by atoms with van der Waals surface area (Å²) in [6, 6.07) is 6.20. The third kappa shape index (κ3) is 4.11. The van der Waals surface area contributed by atoms with Gasteiger partial charge >= 0.3 is 0 Å². The second-order valence-corrected chi connectivity index (χ2v) is 5.99. The summed E-state index contributed by atoms with van der Waals surface area (Å²) in [5.74, 6) is 1.41. The van der Waals surface area contributed by atoms with Gasteiger partial charge < -0.3 is 19.9 Å². The van der Waals surface area contributed by atoms with Crippen LogP contribution in [0, 0.1) is 0 Å². The van der Waals surface area contributed by atoms with Gasteiger partial charge in [-0.25, -0.2) is 0 Å². The summed E-state index contributed by atoms with van der Waals surface area (Å²) in [4.78, 5) is 0. The largest absolute Gasteiger partial charge is 0.493 e. The van der Waals surface area contributed by atoms with E-state index >= 15 is 0 Å². The van der Waals surface area contributed by atoms with Gasteiger partial charge in [-0.15, -0.1) is 0 Å². The lowest BCUT2D eigenvalue weighted by molar-refractivity contribution is -0.0343. The van der Waals surface area contributed by atoms with Crippen LogP contribution in [-0.2, 0) is 0 Å². The summed E-state index contributed by atoms with van der Waals surface area (Å²) in [5.41, 5.74) is 0.471. The number of nitrogens with one attached hydrogen (secondary N) is 1. The summed E-state index contributed by atoms with van der Waals surface area (Å²) in [6.07, 6.45) is 5.02. The molecule has 4 nitrogen and oxygen atoms in total. The summed E-state index contributed by atoms with van der Waals surface area (Å²) in [6.45, 7) is 2.43. The van der Waals surface area contributed by atoms with Crippen LogP contribution in [0.2, 0.25) is 0 Å². The quantitative estimate of drug-likeness (QED) is 0.846. The third-order valence-corrected chi connectivity index (χ3v) is 4.40. The van der Waals surface area contributed by atoms with Crippen molar-refractivity contribution >= 4 is 0 Å². The summed E-state index contributed by atoms with van der Waals surface area (Å²) in [7, 11) is 3.57. The van der Waals surface area contributed by atoms with Gasteiger partial charge in [0.15, 0.2) is 11.5 Å². The highest BCUT2D eigenvalue weighted by molar-refractivity contribution is 5.43. The highest BCUT2D eigenvalue weighted by Crippen LogP contribution is 2.33. The van der Waals surface area contributed by atoms with Crippen molar-refractivity contribution in [2.75, 3.05) is 20.8 Å². The van der Waals surface area contributed by atoms with E-state index in [2.05, 4.69) is 12.2 Å². The fourth-order valence-corrected chi connectivity index (χ4v) is 2.81. The average Bonchev–Trinajstić information content (AvgIpc) is 2.52. The van der Waals surface area contributed by atoms with Gasteiger partial charge in [-0.2, -0.15) is 0 Å². The van der Waals surface area contributed by atoms with E-state index in [1.165, 1.54) is 6.42 Å². The van der Waals surface area contributed by atoms with Gasteiger partial charge in [-0.05, 0) is 44.5 Å². The molecule has 1 aromatic rings. The third-order valence-electron chi connectivity index (χ3n) is 4.40. The lowest BCUT2D eigenvalue weighted by Gasteiger charge is -2.31. The molecule has 2 N–H and O–H groups in total. The maximum atomic E-state index is 10.5. The minimum absolute atomic E-state index is 0.260. The second kappa shape index (κ2) is 7.14. The molecule has 1 unspecified atom stereocenters. The zero-order valence-electron chi connectivity index (χ0n) is 13.3. The van der Waals surface area contributed by atoms with Crippen LogP contribution in [0.3, 0.4) is 0 Å². The standard InChI is InChI=1S/C17H27NO3/c1-13(18-2)14-7-8-15(16(11-14)20-3)21-12-17(19)9-5-4-6-10-17/h7-8,11,13,18-19H,4-6,9-10,12H2,1-3H3. The number of ether oxygens (including phenoxy) is 2. The SMILES string of the molecule is CNC(C)c1ccc(OCC2(O)CCCCC2)c(OC)c1. The van der Waals surface area contributed by atoms with Crippen LogP contribution < -0.4 is 14.8 Å². The molecule has 1 aliphatic carbocycles. The van der Waals surface area contributed by atoms with Crippen LogP contribution in [0.5, 0.6) is 11.5 Å². The zero-order chi connectivity index (χ0) is 15.3. The Bertz CT molecular complexity index is 455. The Morgan fingerprint density at radius 1 is 1.24 bits per heavy atom. The molecule has 0 bridgehead atoms. The van der Waals surface area contributed by atoms with E-state index in [9.17, 15) is 5.11 Å². The molecule has 1 atom stereocenters. The van der Waals surface area contributed by atoms with Crippen molar-refractivity contribution in [3.05, 3.63) is 23.8 Å². The van der Waals surface area contributed by atoms with E-state index in [4.69, 9.17) is 9.47 Å². The molecule has 118 valence electrons. The van der Waals surface area contributed by atoms with Gasteiger partial charge in [0.05, 0.1) is 12.7 Å². The van der Waals surface area contributed by atoms with Gasteiger partial charge in [-0.3, -0.25) is 0 Å². The molecule has 1 fully saturated rings. The summed E-state index contributed by atoms with van der Waals surface area (Å²) in [5, 5.41) is 13.7. The molecule has 0 saturated heterocycles. The van der Waals surface area contributed by atoms with Crippen molar-refractivity contribution < 1.29 is 14.6 Å². The van der Waals surface area contributed by atoms with Crippen LogP contribution in [0.4, 0.5) is 0 Å². The average molecular weight is 293 g/mol. The van der Waals surface area contributed by atoms with E-state index in [0.717, 1.165) is 31.2 Å². The first-order chi connectivity index (χ1) is 10.1. The number of aliphatic hydroxyl groups is 1. The van der Waals surface area contributed by atoms with Gasteiger partial charge in [0.2, 0.25) is 0 Å². The molecule has 1 aliphatic rings. The molecule has 21 heavy (non-hydrogen) atoms. The van der Waals surface area contributed by atoms with Crippen molar-refractivity contribution in [1.29, 1.82) is 0 Å². The molecule has 2 rings (SSSR count). The number of hydrogen-bond donors (Lipinski definition) is 2. The first kappa shape index (κ1) is 16.1. The monoisotopic (exact) mass is 293 g/mol. The van der Waals surface area contributed by atoms with E-state index in [0.29, 0.717) is 18.1 Å². The number of methoxy groups -OCH3 is 1. The highest BCUT2D eigenvalue weighted by Gasteiger charge is 2.30. The van der Waals surface area contributed by atoms with Gasteiger partial charge in [0.25, 0.3) is 0 Å². The zero-order valence-corrected chi connectivity index (χ0v) is 13.3. The smallest absolute Gasteiger partial charge is 0.161 e. The Morgan fingerprint density at radius 2 is 1.95 bits per heavy atom. The van der Waals surface area contributed by atoms with Crippen LogP contribution >= 0.6 is 0 Å². The van der Waals surface area contributed by atoms with Crippen molar-refractivity contribution in [3.8, 4) is 11.5 Å². The number of hydrogen-bond acceptors (Lipinski definition) is 4. The van der Waals surface area contributed by atoms with Crippen LogP contribution in [0.25, 0.3) is 0 Å². The van der Waals surface area contributed by atoms with E-state index < -0.39 is 5.60 Å². The van der Waals surface area contributed by atoms with Crippen molar-refractivity contribution in [2.45, 2.75) is 50.7 Å². The van der Waals surface area contributed by atoms with Crippen molar-refractivity contribution in [2.24, 2.45) is 0 Å². The molecule has 0 aliphatic heterocycles. The number of benzene rings is 1. The van der Waals surface area contributed by atoms with Crippen LogP contribution in [0.1, 0.15) is 50.6 Å². The molecule has 0 heterocycles. The van der Waals surface area contributed by atoms with Gasteiger partial charge in [-0.1, -0.05) is 25.3 Å².